The Labute approximate surface area is 78.5 Å². The molecular formula is C9H16N2O2. The first-order valence-corrected chi connectivity index (χ1v) is 4.60. The highest BCUT2D eigenvalue weighted by molar-refractivity contribution is 6.35. The van der Waals surface area contributed by atoms with Gasteiger partial charge in [-0.3, -0.25) is 9.59 Å². The molecule has 13 heavy (non-hydrogen) atoms. The van der Waals surface area contributed by atoms with Crippen molar-refractivity contribution in [2.24, 2.45) is 0 Å². The zero-order valence-electron chi connectivity index (χ0n) is 8.41. The first-order chi connectivity index (χ1) is 6.07. The van der Waals surface area contributed by atoms with Crippen LogP contribution in [0.4, 0.5) is 0 Å². The molecule has 1 fully saturated rings. The molecule has 0 aromatic rings. The van der Waals surface area contributed by atoms with Gasteiger partial charge in [-0.15, -0.1) is 0 Å². The molecule has 0 spiro atoms. The number of amides is 2. The van der Waals surface area contributed by atoms with Gasteiger partial charge in [0, 0.05) is 26.7 Å². The van der Waals surface area contributed by atoms with Crippen molar-refractivity contribution in [2.75, 3.05) is 20.6 Å². The predicted molar refractivity (Wildman–Crippen MR) is 49.1 cm³/mol. The number of likely N-dealkylation sites (N-methyl/N-ethyl adjacent to an activating group) is 2. The van der Waals surface area contributed by atoms with Crippen LogP contribution < -0.4 is 0 Å². The average molecular weight is 184 g/mol. The number of rotatable bonds is 2. The van der Waals surface area contributed by atoms with E-state index < -0.39 is 5.91 Å². The largest absolute Gasteiger partial charge is 0.335 e. The van der Waals surface area contributed by atoms with Crippen LogP contribution in [0.1, 0.15) is 19.8 Å². The van der Waals surface area contributed by atoms with Gasteiger partial charge in [-0.25, -0.2) is 0 Å². The normalized spacial score (nSPS) is 24.1. The van der Waals surface area contributed by atoms with Gasteiger partial charge >= 0.3 is 11.8 Å². The highest BCUT2D eigenvalue weighted by Gasteiger charge is 2.34. The average Bonchev–Trinajstić information content (AvgIpc) is 2.11. The van der Waals surface area contributed by atoms with Crippen LogP contribution in [0.2, 0.25) is 0 Å². The molecule has 1 saturated heterocycles. The summed E-state index contributed by atoms with van der Waals surface area (Å²) in [7, 11) is 3.38. The lowest BCUT2D eigenvalue weighted by Gasteiger charge is -2.36. The summed E-state index contributed by atoms with van der Waals surface area (Å²) in [5.74, 6) is -0.776. The number of piperazine rings is 1. The van der Waals surface area contributed by atoms with Crippen LogP contribution in [0.15, 0.2) is 0 Å². The summed E-state index contributed by atoms with van der Waals surface area (Å²) in [6.07, 6.45) is 1.99. The van der Waals surface area contributed by atoms with Crippen LogP contribution in [-0.2, 0) is 9.59 Å². The fraction of sp³-hybridized carbons (Fsp3) is 0.778. The molecule has 1 unspecified atom stereocenters. The van der Waals surface area contributed by atoms with E-state index in [-0.39, 0.29) is 11.9 Å². The summed E-state index contributed by atoms with van der Waals surface area (Å²) < 4.78 is 0. The fourth-order valence-corrected chi connectivity index (χ4v) is 1.62. The molecule has 0 radical (unpaired) electrons. The second-order valence-corrected chi connectivity index (χ2v) is 3.54. The third-order valence-corrected chi connectivity index (χ3v) is 2.50. The molecule has 0 aromatic heterocycles. The van der Waals surface area contributed by atoms with Gasteiger partial charge in [-0.05, 0) is 6.42 Å². The molecular weight excluding hydrogens is 168 g/mol. The van der Waals surface area contributed by atoms with Gasteiger partial charge in [0.25, 0.3) is 0 Å². The molecule has 0 saturated carbocycles. The smallest absolute Gasteiger partial charge is 0.312 e. The van der Waals surface area contributed by atoms with Gasteiger partial charge in [-0.1, -0.05) is 13.3 Å². The Morgan fingerprint density at radius 1 is 1.31 bits per heavy atom. The minimum atomic E-state index is -0.394. The van der Waals surface area contributed by atoms with Crippen molar-refractivity contribution >= 4 is 11.8 Å². The van der Waals surface area contributed by atoms with E-state index in [0.717, 1.165) is 12.8 Å². The van der Waals surface area contributed by atoms with Gasteiger partial charge in [0.15, 0.2) is 0 Å². The van der Waals surface area contributed by atoms with Crippen LogP contribution in [0.25, 0.3) is 0 Å². The minimum Gasteiger partial charge on any atom is -0.335 e. The summed E-state index contributed by atoms with van der Waals surface area (Å²) in [6, 6.07) is 0.195. The standard InChI is InChI=1S/C9H16N2O2/c1-4-5-7-6-10(2)8(12)9(13)11(7)3/h7H,4-6H2,1-3H3. The molecule has 0 aliphatic carbocycles. The van der Waals surface area contributed by atoms with Crippen molar-refractivity contribution in [1.29, 1.82) is 0 Å². The van der Waals surface area contributed by atoms with E-state index in [4.69, 9.17) is 0 Å². The fourth-order valence-electron chi connectivity index (χ4n) is 1.62. The van der Waals surface area contributed by atoms with Crippen molar-refractivity contribution in [3.63, 3.8) is 0 Å². The molecule has 2 amide bonds. The van der Waals surface area contributed by atoms with E-state index in [9.17, 15) is 9.59 Å². The number of nitrogens with zero attached hydrogens (tertiary/aromatic N) is 2. The highest BCUT2D eigenvalue weighted by atomic mass is 16.2. The van der Waals surface area contributed by atoms with Crippen molar-refractivity contribution in [3.8, 4) is 0 Å². The number of hydrogen-bond donors (Lipinski definition) is 0. The van der Waals surface area contributed by atoms with Crippen LogP contribution in [-0.4, -0.2) is 48.3 Å². The van der Waals surface area contributed by atoms with Gasteiger partial charge < -0.3 is 9.80 Å². The van der Waals surface area contributed by atoms with E-state index in [1.165, 1.54) is 4.90 Å². The molecule has 1 aliphatic heterocycles. The van der Waals surface area contributed by atoms with Gasteiger partial charge in [0.2, 0.25) is 0 Å². The Kier molecular flexibility index (Phi) is 2.90. The molecule has 0 aromatic carbocycles. The maximum absolute atomic E-state index is 11.4. The molecule has 1 rings (SSSR count). The molecule has 1 heterocycles. The lowest BCUT2D eigenvalue weighted by Crippen LogP contribution is -2.56. The predicted octanol–water partition coefficient (Wildman–Crippen LogP) is 0.0855. The summed E-state index contributed by atoms with van der Waals surface area (Å²) in [4.78, 5) is 25.6. The topological polar surface area (TPSA) is 40.6 Å². The Bertz CT molecular complexity index is 228. The lowest BCUT2D eigenvalue weighted by molar-refractivity contribution is -0.156. The Balaban J connectivity index is 2.70. The van der Waals surface area contributed by atoms with Gasteiger partial charge in [-0.2, -0.15) is 0 Å². The quantitative estimate of drug-likeness (QED) is 0.570. The molecule has 1 atom stereocenters. The van der Waals surface area contributed by atoms with Gasteiger partial charge in [0.1, 0.15) is 0 Å². The van der Waals surface area contributed by atoms with Crippen LogP contribution in [0, 0.1) is 0 Å². The molecule has 4 heteroatoms. The van der Waals surface area contributed by atoms with Crippen molar-refractivity contribution in [2.45, 2.75) is 25.8 Å². The summed E-state index contributed by atoms with van der Waals surface area (Å²) in [5.41, 5.74) is 0. The first kappa shape index (κ1) is 10.0. The third kappa shape index (κ3) is 1.82. The Morgan fingerprint density at radius 3 is 2.46 bits per heavy atom. The summed E-state index contributed by atoms with van der Waals surface area (Å²) in [5, 5.41) is 0. The van der Waals surface area contributed by atoms with Crippen LogP contribution in [0.3, 0.4) is 0 Å². The van der Waals surface area contributed by atoms with Crippen molar-refractivity contribution in [1.82, 2.24) is 9.80 Å². The van der Waals surface area contributed by atoms with E-state index in [2.05, 4.69) is 6.92 Å². The molecule has 74 valence electrons. The summed E-state index contributed by atoms with van der Waals surface area (Å²) >= 11 is 0. The van der Waals surface area contributed by atoms with Crippen molar-refractivity contribution < 1.29 is 9.59 Å². The number of carbonyl (C=O) groups is 2. The Hall–Kier alpha value is -1.06. The van der Waals surface area contributed by atoms with Crippen molar-refractivity contribution in [3.05, 3.63) is 0 Å². The number of carbonyl (C=O) groups excluding carboxylic acids is 2. The third-order valence-electron chi connectivity index (χ3n) is 2.50. The summed E-state index contributed by atoms with van der Waals surface area (Å²) in [6.45, 7) is 2.74. The second kappa shape index (κ2) is 3.77. The lowest BCUT2D eigenvalue weighted by atomic mass is 10.1. The monoisotopic (exact) mass is 184 g/mol. The van der Waals surface area contributed by atoms with Crippen LogP contribution >= 0.6 is 0 Å². The zero-order valence-corrected chi connectivity index (χ0v) is 8.41. The van der Waals surface area contributed by atoms with Crippen LogP contribution in [0.5, 0.6) is 0 Å². The maximum Gasteiger partial charge on any atom is 0.312 e. The van der Waals surface area contributed by atoms with Gasteiger partial charge in [0.05, 0.1) is 0 Å². The SMILES string of the molecule is CCCC1CN(C)C(=O)C(=O)N1C. The highest BCUT2D eigenvalue weighted by Crippen LogP contribution is 2.12. The molecule has 0 N–H and O–H groups in total. The van der Waals surface area contributed by atoms with E-state index >= 15 is 0 Å². The number of hydrogen-bond acceptors (Lipinski definition) is 2. The van der Waals surface area contributed by atoms with E-state index in [1.807, 2.05) is 0 Å². The molecule has 0 bridgehead atoms. The maximum atomic E-state index is 11.4. The Morgan fingerprint density at radius 2 is 1.92 bits per heavy atom. The van der Waals surface area contributed by atoms with E-state index in [0.29, 0.717) is 6.54 Å². The molecule has 1 aliphatic rings. The minimum absolute atomic E-state index is 0.195. The van der Waals surface area contributed by atoms with E-state index in [1.54, 1.807) is 19.0 Å². The first-order valence-electron chi connectivity index (χ1n) is 4.60. The second-order valence-electron chi connectivity index (χ2n) is 3.54. The molecule has 4 nitrogen and oxygen atoms in total. The zero-order chi connectivity index (χ0) is 10.0.